The van der Waals surface area contributed by atoms with Crippen molar-refractivity contribution in [3.8, 4) is 0 Å². The Morgan fingerprint density at radius 3 is 2.96 bits per heavy atom. The van der Waals surface area contributed by atoms with Crippen molar-refractivity contribution < 1.29 is 9.47 Å². The lowest BCUT2D eigenvalue weighted by atomic mass is 10.1. The molecule has 0 radical (unpaired) electrons. The van der Waals surface area contributed by atoms with Crippen molar-refractivity contribution in [2.75, 3.05) is 40.0 Å². The highest BCUT2D eigenvalue weighted by atomic mass is 16.5. The zero-order valence-electron chi connectivity index (χ0n) is 15.8. The number of H-pyrrole nitrogens is 1. The Balaban J connectivity index is 1.36. The van der Waals surface area contributed by atoms with E-state index < -0.39 is 0 Å². The van der Waals surface area contributed by atoms with Gasteiger partial charge in [-0.3, -0.25) is 4.99 Å². The molecule has 0 bridgehead atoms. The van der Waals surface area contributed by atoms with E-state index in [-0.39, 0.29) is 6.10 Å². The second-order valence-electron chi connectivity index (χ2n) is 6.66. The van der Waals surface area contributed by atoms with E-state index in [9.17, 15) is 0 Å². The average molecular weight is 358 g/mol. The number of nitrogens with zero attached hydrogens (tertiary/aromatic N) is 1. The van der Waals surface area contributed by atoms with Gasteiger partial charge in [-0.15, -0.1) is 0 Å². The number of aromatic amines is 1. The van der Waals surface area contributed by atoms with E-state index >= 15 is 0 Å². The third-order valence-corrected chi connectivity index (χ3v) is 4.77. The van der Waals surface area contributed by atoms with Crippen LogP contribution in [-0.2, 0) is 15.9 Å². The number of rotatable bonds is 8. The number of benzene rings is 1. The highest BCUT2D eigenvalue weighted by Gasteiger charge is 2.15. The molecule has 3 N–H and O–H groups in total. The van der Waals surface area contributed by atoms with Gasteiger partial charge >= 0.3 is 0 Å². The minimum absolute atomic E-state index is 0.284. The fourth-order valence-corrected chi connectivity index (χ4v) is 3.36. The Hall–Kier alpha value is -2.05. The van der Waals surface area contributed by atoms with Crippen LogP contribution in [0.15, 0.2) is 29.3 Å². The van der Waals surface area contributed by atoms with Crippen molar-refractivity contribution in [2.24, 2.45) is 4.99 Å². The summed E-state index contributed by atoms with van der Waals surface area (Å²) in [4.78, 5) is 7.75. The molecule has 3 rings (SSSR count). The molecule has 0 amide bonds. The number of ether oxygens (including phenoxy) is 2. The first kappa shape index (κ1) is 18.7. The lowest BCUT2D eigenvalue weighted by molar-refractivity contribution is 0.0420. The van der Waals surface area contributed by atoms with Gasteiger partial charge in [-0.2, -0.15) is 0 Å². The Labute approximate surface area is 155 Å². The topological polar surface area (TPSA) is 70.7 Å². The molecule has 2 heterocycles. The van der Waals surface area contributed by atoms with E-state index in [2.05, 4.69) is 51.8 Å². The molecule has 0 aliphatic carbocycles. The van der Waals surface area contributed by atoms with Crippen LogP contribution in [0.4, 0.5) is 0 Å². The van der Waals surface area contributed by atoms with E-state index in [1.807, 2.05) is 0 Å². The van der Waals surface area contributed by atoms with Gasteiger partial charge in [0.25, 0.3) is 0 Å². The van der Waals surface area contributed by atoms with Crippen molar-refractivity contribution >= 4 is 16.9 Å². The van der Waals surface area contributed by atoms with Gasteiger partial charge in [0.2, 0.25) is 0 Å². The number of para-hydroxylation sites is 1. The molecule has 1 aliphatic rings. The number of nitrogens with one attached hydrogen (secondary N) is 3. The fraction of sp³-hybridized carbons (Fsp3) is 0.550. The molecule has 1 saturated heterocycles. The minimum atomic E-state index is 0.284. The number of hydrogen-bond donors (Lipinski definition) is 3. The Morgan fingerprint density at radius 2 is 2.15 bits per heavy atom. The maximum Gasteiger partial charge on any atom is 0.190 e. The van der Waals surface area contributed by atoms with Crippen LogP contribution in [0, 0.1) is 6.92 Å². The summed E-state index contributed by atoms with van der Waals surface area (Å²) in [7, 11) is 1.80. The summed E-state index contributed by atoms with van der Waals surface area (Å²) in [6.07, 6.45) is 3.22. The minimum Gasteiger partial charge on any atom is -0.379 e. The van der Waals surface area contributed by atoms with Crippen LogP contribution >= 0.6 is 0 Å². The quantitative estimate of drug-likeness (QED) is 0.385. The molecular formula is C20H30N4O2. The van der Waals surface area contributed by atoms with Gasteiger partial charge in [0.05, 0.1) is 12.7 Å². The van der Waals surface area contributed by atoms with Crippen LogP contribution in [0.5, 0.6) is 0 Å². The van der Waals surface area contributed by atoms with Crippen LogP contribution in [0.25, 0.3) is 10.9 Å². The lowest BCUT2D eigenvalue weighted by Gasteiger charge is -2.13. The zero-order valence-corrected chi connectivity index (χ0v) is 15.8. The van der Waals surface area contributed by atoms with Crippen LogP contribution in [0.2, 0.25) is 0 Å². The van der Waals surface area contributed by atoms with Crippen LogP contribution < -0.4 is 10.6 Å². The summed E-state index contributed by atoms with van der Waals surface area (Å²) in [6, 6.07) is 8.46. The molecule has 1 aromatic heterocycles. The molecule has 1 aromatic carbocycles. The van der Waals surface area contributed by atoms with Gasteiger partial charge in [-0.25, -0.2) is 0 Å². The van der Waals surface area contributed by atoms with Gasteiger partial charge in [-0.05, 0) is 37.8 Å². The number of guanidine groups is 1. The monoisotopic (exact) mass is 358 g/mol. The summed E-state index contributed by atoms with van der Waals surface area (Å²) in [5, 5.41) is 8.05. The van der Waals surface area contributed by atoms with Crippen molar-refractivity contribution in [3.63, 3.8) is 0 Å². The van der Waals surface area contributed by atoms with Crippen molar-refractivity contribution in [1.82, 2.24) is 15.6 Å². The van der Waals surface area contributed by atoms with E-state index in [0.717, 1.165) is 58.1 Å². The number of aliphatic imine (C=N–C) groups is 1. The Kier molecular flexibility index (Phi) is 6.91. The normalized spacial score (nSPS) is 17.8. The van der Waals surface area contributed by atoms with E-state index in [0.29, 0.717) is 0 Å². The highest BCUT2D eigenvalue weighted by Crippen LogP contribution is 2.21. The predicted octanol–water partition coefficient (Wildman–Crippen LogP) is 2.38. The first-order valence-electron chi connectivity index (χ1n) is 9.48. The molecule has 1 aliphatic heterocycles. The van der Waals surface area contributed by atoms with Crippen LogP contribution in [-0.4, -0.2) is 57.0 Å². The molecule has 1 fully saturated rings. The molecule has 2 aromatic rings. The van der Waals surface area contributed by atoms with Gasteiger partial charge < -0.3 is 25.1 Å². The molecule has 1 unspecified atom stereocenters. The maximum absolute atomic E-state index is 5.77. The summed E-state index contributed by atoms with van der Waals surface area (Å²) < 4.78 is 11.1. The van der Waals surface area contributed by atoms with Crippen molar-refractivity contribution in [3.05, 3.63) is 35.5 Å². The number of fused-ring (bicyclic) bond motifs is 1. The maximum atomic E-state index is 5.77. The Bertz CT molecular complexity index is 720. The van der Waals surface area contributed by atoms with E-state index in [4.69, 9.17) is 9.47 Å². The average Bonchev–Trinajstić information content (AvgIpc) is 3.27. The molecular weight excluding hydrogens is 328 g/mol. The molecule has 142 valence electrons. The first-order chi connectivity index (χ1) is 12.8. The predicted molar refractivity (Wildman–Crippen MR) is 106 cm³/mol. The number of aryl methyl sites for hydroxylation is 1. The zero-order chi connectivity index (χ0) is 18.2. The third-order valence-electron chi connectivity index (χ3n) is 4.77. The lowest BCUT2D eigenvalue weighted by Crippen LogP contribution is -2.39. The summed E-state index contributed by atoms with van der Waals surface area (Å²) >= 11 is 0. The second-order valence-corrected chi connectivity index (χ2v) is 6.66. The van der Waals surface area contributed by atoms with Crippen molar-refractivity contribution in [1.29, 1.82) is 0 Å². The highest BCUT2D eigenvalue weighted by molar-refractivity contribution is 5.84. The molecule has 6 nitrogen and oxygen atoms in total. The van der Waals surface area contributed by atoms with Crippen molar-refractivity contribution in [2.45, 2.75) is 32.3 Å². The smallest absolute Gasteiger partial charge is 0.190 e. The number of aromatic nitrogens is 1. The summed E-state index contributed by atoms with van der Waals surface area (Å²) in [6.45, 7) is 6.15. The van der Waals surface area contributed by atoms with Crippen LogP contribution in [0.3, 0.4) is 0 Å². The molecule has 1 atom stereocenters. The SMILES string of the molecule is CN=C(NCCCOC1CCOC1)NCCc1c(C)[nH]c2ccccc12. The number of hydrogen-bond acceptors (Lipinski definition) is 3. The van der Waals surface area contributed by atoms with Gasteiger partial charge in [-0.1, -0.05) is 18.2 Å². The fourth-order valence-electron chi connectivity index (χ4n) is 3.36. The summed E-state index contributed by atoms with van der Waals surface area (Å²) in [5.41, 5.74) is 3.81. The molecule has 0 saturated carbocycles. The third kappa shape index (κ3) is 4.99. The second kappa shape index (κ2) is 9.59. The molecule has 0 spiro atoms. The van der Waals surface area contributed by atoms with Gasteiger partial charge in [0.1, 0.15) is 0 Å². The van der Waals surface area contributed by atoms with E-state index in [1.165, 1.54) is 22.2 Å². The van der Waals surface area contributed by atoms with Gasteiger partial charge in [0.15, 0.2) is 5.96 Å². The standard InChI is InChI=1S/C20H30N4O2/c1-15-17(18-6-3-4-7-19(18)24-15)8-11-23-20(21-2)22-10-5-12-26-16-9-13-25-14-16/h3-4,6-7,16,24H,5,8-14H2,1-2H3,(H2,21,22,23). The first-order valence-corrected chi connectivity index (χ1v) is 9.48. The summed E-state index contributed by atoms with van der Waals surface area (Å²) in [5.74, 6) is 0.840. The van der Waals surface area contributed by atoms with Gasteiger partial charge in [0, 0.05) is 49.9 Å². The molecule has 26 heavy (non-hydrogen) atoms. The largest absolute Gasteiger partial charge is 0.379 e. The van der Waals surface area contributed by atoms with Crippen LogP contribution in [0.1, 0.15) is 24.1 Å². The van der Waals surface area contributed by atoms with E-state index in [1.54, 1.807) is 7.05 Å². The molecule has 6 heteroatoms. The Morgan fingerprint density at radius 1 is 1.31 bits per heavy atom.